The van der Waals surface area contributed by atoms with Gasteiger partial charge in [-0.15, -0.1) is 0 Å². The summed E-state index contributed by atoms with van der Waals surface area (Å²) < 4.78 is 5.43. The first-order valence-electron chi connectivity index (χ1n) is 6.40. The van der Waals surface area contributed by atoms with Crippen LogP contribution in [0.25, 0.3) is 0 Å². The van der Waals surface area contributed by atoms with E-state index < -0.39 is 4.92 Å². The number of nitro groups is 1. The number of non-ortho nitro benzene ring substituents is 1. The monoisotopic (exact) mass is 319 g/mol. The third-order valence-electron chi connectivity index (χ3n) is 2.74. The van der Waals surface area contributed by atoms with E-state index in [1.807, 2.05) is 0 Å². The number of hydrogen-bond donors (Lipinski definition) is 0. The maximum Gasteiger partial charge on any atom is 0.270 e. The smallest absolute Gasteiger partial charge is 0.270 e. The molecule has 0 bridgehead atoms. The van der Waals surface area contributed by atoms with E-state index >= 15 is 0 Å². The molecule has 0 heterocycles. The Labute approximate surface area is 131 Å². The number of ether oxygens (including phenoxy) is 1. The fraction of sp³-hybridized carbons (Fsp3) is 0.133. The normalized spacial score (nSPS) is 10.8. The molecule has 2 aromatic carbocycles. The first kappa shape index (κ1) is 15.8. The second-order valence-electron chi connectivity index (χ2n) is 4.32. The number of nitrogens with zero attached hydrogens (tertiary/aromatic N) is 2. The van der Waals surface area contributed by atoms with Crippen molar-refractivity contribution >= 4 is 23.5 Å². The third kappa shape index (κ3) is 4.46. The van der Waals surface area contributed by atoms with Crippen LogP contribution in [0.1, 0.15) is 5.56 Å². The van der Waals surface area contributed by atoms with Gasteiger partial charge in [0, 0.05) is 23.4 Å². The van der Waals surface area contributed by atoms with Crippen molar-refractivity contribution in [2.45, 2.75) is 0 Å². The zero-order valence-electron chi connectivity index (χ0n) is 11.4. The topological polar surface area (TPSA) is 87.8 Å². The molecule has 0 saturated carbocycles. The second-order valence-corrected chi connectivity index (χ2v) is 4.75. The van der Waals surface area contributed by atoms with E-state index in [9.17, 15) is 15.2 Å². The van der Waals surface area contributed by atoms with Crippen LogP contribution < -0.4 is 9.84 Å². The van der Waals surface area contributed by atoms with Crippen LogP contribution in [0.5, 0.6) is 11.5 Å². The largest absolute Gasteiger partial charge is 0.872 e. The molecule has 0 aromatic heterocycles. The van der Waals surface area contributed by atoms with Gasteiger partial charge in [0.15, 0.2) is 0 Å². The third-order valence-corrected chi connectivity index (χ3v) is 2.99. The fourth-order valence-corrected chi connectivity index (χ4v) is 1.79. The molecule has 0 unspecified atom stereocenters. The van der Waals surface area contributed by atoms with Crippen molar-refractivity contribution in [2.75, 3.05) is 13.2 Å². The summed E-state index contributed by atoms with van der Waals surface area (Å²) in [5, 5.41) is 22.8. The van der Waals surface area contributed by atoms with E-state index in [4.69, 9.17) is 16.3 Å². The highest BCUT2D eigenvalue weighted by atomic mass is 35.5. The zero-order chi connectivity index (χ0) is 15.9. The van der Waals surface area contributed by atoms with Crippen molar-refractivity contribution in [3.8, 4) is 11.5 Å². The van der Waals surface area contributed by atoms with Gasteiger partial charge in [0.2, 0.25) is 0 Å². The second kappa shape index (κ2) is 7.42. The Hall–Kier alpha value is -2.60. The minimum atomic E-state index is -0.555. The molecular weight excluding hydrogens is 308 g/mol. The van der Waals surface area contributed by atoms with Crippen molar-refractivity contribution in [3.63, 3.8) is 0 Å². The number of hydrogen-bond acceptors (Lipinski definition) is 5. The van der Waals surface area contributed by atoms with Gasteiger partial charge in [0.05, 0.1) is 11.5 Å². The van der Waals surface area contributed by atoms with E-state index in [1.54, 1.807) is 24.3 Å². The molecule has 0 radical (unpaired) electrons. The van der Waals surface area contributed by atoms with E-state index in [0.717, 1.165) is 6.07 Å². The molecule has 7 heteroatoms. The first-order chi connectivity index (χ1) is 10.6. The average Bonchev–Trinajstić information content (AvgIpc) is 2.50. The van der Waals surface area contributed by atoms with Gasteiger partial charge in [-0.1, -0.05) is 23.4 Å². The van der Waals surface area contributed by atoms with Crippen molar-refractivity contribution in [3.05, 3.63) is 63.2 Å². The lowest BCUT2D eigenvalue weighted by molar-refractivity contribution is -0.385. The highest BCUT2D eigenvalue weighted by molar-refractivity contribution is 6.30. The van der Waals surface area contributed by atoms with E-state index in [2.05, 4.69) is 4.99 Å². The maximum absolute atomic E-state index is 11.6. The number of aliphatic imine (C=N–C) groups is 1. The van der Waals surface area contributed by atoms with Crippen LogP contribution in [-0.4, -0.2) is 24.3 Å². The number of rotatable bonds is 6. The molecule has 0 saturated heterocycles. The van der Waals surface area contributed by atoms with Gasteiger partial charge in [-0.05, 0) is 29.8 Å². The van der Waals surface area contributed by atoms with Crippen LogP contribution in [0, 0.1) is 10.1 Å². The lowest BCUT2D eigenvalue weighted by Gasteiger charge is -2.08. The number of nitro benzene ring substituents is 1. The standard InChI is InChI=1S/C15H13ClN2O4/c16-12-1-4-14(5-2-12)22-8-7-17-10-11-9-13(18(20)21)3-6-15(11)19/h1-6,9-10,19H,7-8H2/p-1. The van der Waals surface area contributed by atoms with Crippen molar-refractivity contribution in [1.29, 1.82) is 0 Å². The molecule has 0 amide bonds. The summed E-state index contributed by atoms with van der Waals surface area (Å²) in [6.07, 6.45) is 1.32. The van der Waals surface area contributed by atoms with Crippen LogP contribution in [-0.2, 0) is 0 Å². The average molecular weight is 320 g/mol. The van der Waals surface area contributed by atoms with Gasteiger partial charge >= 0.3 is 0 Å². The van der Waals surface area contributed by atoms with E-state index in [-0.39, 0.29) is 17.0 Å². The Bertz CT molecular complexity index is 686. The van der Waals surface area contributed by atoms with E-state index in [0.29, 0.717) is 23.9 Å². The first-order valence-corrected chi connectivity index (χ1v) is 6.78. The fourth-order valence-electron chi connectivity index (χ4n) is 1.66. The van der Waals surface area contributed by atoms with Gasteiger partial charge in [-0.3, -0.25) is 15.1 Å². The van der Waals surface area contributed by atoms with Crippen LogP contribution >= 0.6 is 11.6 Å². The Morgan fingerprint density at radius 2 is 1.95 bits per heavy atom. The highest BCUT2D eigenvalue weighted by Crippen LogP contribution is 2.19. The lowest BCUT2D eigenvalue weighted by atomic mass is 10.2. The molecule has 0 N–H and O–H groups in total. The summed E-state index contributed by atoms with van der Waals surface area (Å²) in [4.78, 5) is 14.1. The number of benzene rings is 2. The summed E-state index contributed by atoms with van der Waals surface area (Å²) in [5.74, 6) is 0.354. The molecule has 0 fully saturated rings. The molecule has 114 valence electrons. The molecule has 6 nitrogen and oxygen atoms in total. The summed E-state index contributed by atoms with van der Waals surface area (Å²) >= 11 is 5.76. The summed E-state index contributed by atoms with van der Waals surface area (Å²) in [5.41, 5.74) is 0.0409. The Morgan fingerprint density at radius 1 is 1.23 bits per heavy atom. The quantitative estimate of drug-likeness (QED) is 0.354. The SMILES string of the molecule is O=[N+]([O-])c1ccc([O-])c(C=NCCOc2ccc(Cl)cc2)c1. The molecule has 22 heavy (non-hydrogen) atoms. The van der Waals surface area contributed by atoms with Gasteiger partial charge in [-0.2, -0.15) is 0 Å². The Kier molecular flexibility index (Phi) is 5.32. The summed E-state index contributed by atoms with van der Waals surface area (Å²) in [7, 11) is 0. The van der Waals surface area contributed by atoms with Crippen molar-refractivity contribution < 1.29 is 14.8 Å². The summed E-state index contributed by atoms with van der Waals surface area (Å²) in [6.45, 7) is 0.645. The minimum Gasteiger partial charge on any atom is -0.872 e. The molecular formula is C15H12ClN2O4-. The minimum absolute atomic E-state index is 0.140. The van der Waals surface area contributed by atoms with Gasteiger partial charge in [0.25, 0.3) is 5.69 Å². The molecule has 0 aliphatic rings. The molecule has 0 spiro atoms. The Balaban J connectivity index is 1.88. The van der Waals surface area contributed by atoms with Crippen LogP contribution in [0.4, 0.5) is 5.69 Å². The molecule has 0 aliphatic carbocycles. The van der Waals surface area contributed by atoms with E-state index in [1.165, 1.54) is 18.3 Å². The predicted octanol–water partition coefficient (Wildman–Crippen LogP) is 2.82. The molecule has 2 rings (SSSR count). The molecule has 2 aromatic rings. The van der Waals surface area contributed by atoms with Crippen molar-refractivity contribution in [1.82, 2.24) is 0 Å². The van der Waals surface area contributed by atoms with Gasteiger partial charge < -0.3 is 9.84 Å². The van der Waals surface area contributed by atoms with Gasteiger partial charge in [-0.25, -0.2) is 0 Å². The predicted molar refractivity (Wildman–Crippen MR) is 82.0 cm³/mol. The number of halogens is 1. The van der Waals surface area contributed by atoms with Crippen molar-refractivity contribution in [2.24, 2.45) is 4.99 Å². The van der Waals surface area contributed by atoms with Gasteiger partial charge in [0.1, 0.15) is 12.4 Å². The lowest BCUT2D eigenvalue weighted by Crippen LogP contribution is -2.02. The van der Waals surface area contributed by atoms with Crippen LogP contribution in [0.2, 0.25) is 5.02 Å². The molecule has 0 atom stereocenters. The zero-order valence-corrected chi connectivity index (χ0v) is 12.2. The summed E-state index contributed by atoms with van der Waals surface area (Å²) in [6, 6.07) is 10.4. The highest BCUT2D eigenvalue weighted by Gasteiger charge is 2.05. The van der Waals surface area contributed by atoms with Crippen LogP contribution in [0.15, 0.2) is 47.5 Å². The Morgan fingerprint density at radius 3 is 2.64 bits per heavy atom. The molecule has 0 aliphatic heterocycles. The van der Waals surface area contributed by atoms with Crippen LogP contribution in [0.3, 0.4) is 0 Å². The maximum atomic E-state index is 11.6.